The number of nitrogens with zero attached hydrogens (tertiary/aromatic N) is 3. The summed E-state index contributed by atoms with van der Waals surface area (Å²) in [4.78, 5) is 4.46. The molecule has 18 heavy (non-hydrogen) atoms. The summed E-state index contributed by atoms with van der Waals surface area (Å²) in [5, 5.41) is 7.50. The number of rotatable bonds is 5. The lowest BCUT2D eigenvalue weighted by Gasteiger charge is -2.13. The van der Waals surface area contributed by atoms with Gasteiger partial charge in [-0.25, -0.2) is 4.98 Å². The van der Waals surface area contributed by atoms with Crippen LogP contribution >= 0.6 is 27.3 Å². The quantitative estimate of drug-likeness (QED) is 0.917. The molecule has 0 amide bonds. The van der Waals surface area contributed by atoms with Gasteiger partial charge in [-0.2, -0.15) is 5.10 Å². The van der Waals surface area contributed by atoms with E-state index in [2.05, 4.69) is 38.3 Å². The van der Waals surface area contributed by atoms with Crippen molar-refractivity contribution < 1.29 is 0 Å². The molecule has 2 heterocycles. The number of hydrogen-bond acceptors (Lipinski definition) is 4. The Balaban J connectivity index is 2.17. The molecular weight excluding hydrogens is 312 g/mol. The first-order chi connectivity index (χ1) is 8.61. The molecule has 2 rings (SSSR count). The molecule has 0 spiro atoms. The van der Waals surface area contributed by atoms with Gasteiger partial charge in [0.25, 0.3) is 0 Å². The first kappa shape index (κ1) is 13.7. The number of hydrogen-bond donors (Lipinski definition) is 1. The van der Waals surface area contributed by atoms with Gasteiger partial charge in [0.15, 0.2) is 0 Å². The van der Waals surface area contributed by atoms with Crippen molar-refractivity contribution in [2.75, 3.05) is 0 Å². The standard InChI is InChI=1S/C12H17BrN4S/c1-3-4-17-12(10(13)6-15-17)11(14)5-9-7-18-8(2)16-9/h6-7,11H,3-5,14H2,1-2H3. The molecule has 2 aromatic rings. The zero-order valence-corrected chi connectivity index (χ0v) is 13.0. The van der Waals surface area contributed by atoms with Gasteiger partial charge in [0.05, 0.1) is 33.1 Å². The average molecular weight is 329 g/mol. The summed E-state index contributed by atoms with van der Waals surface area (Å²) < 4.78 is 2.96. The predicted molar refractivity (Wildman–Crippen MR) is 77.7 cm³/mol. The second-order valence-electron chi connectivity index (χ2n) is 4.27. The topological polar surface area (TPSA) is 56.7 Å². The first-order valence-corrected chi connectivity index (χ1v) is 7.66. The Bertz CT molecular complexity index is 520. The molecule has 2 aromatic heterocycles. The summed E-state index contributed by atoms with van der Waals surface area (Å²) in [5.41, 5.74) is 8.40. The fourth-order valence-electron chi connectivity index (χ4n) is 1.95. The summed E-state index contributed by atoms with van der Waals surface area (Å²) in [7, 11) is 0. The highest BCUT2D eigenvalue weighted by Gasteiger charge is 2.17. The van der Waals surface area contributed by atoms with E-state index in [1.807, 2.05) is 17.8 Å². The minimum Gasteiger partial charge on any atom is -0.322 e. The van der Waals surface area contributed by atoms with E-state index in [9.17, 15) is 0 Å². The zero-order chi connectivity index (χ0) is 13.1. The number of halogens is 1. The molecule has 1 unspecified atom stereocenters. The number of aryl methyl sites for hydroxylation is 2. The second kappa shape index (κ2) is 5.95. The van der Waals surface area contributed by atoms with Crippen molar-refractivity contribution in [3.05, 3.63) is 32.4 Å². The molecule has 4 nitrogen and oxygen atoms in total. The Kier molecular flexibility index (Phi) is 4.53. The van der Waals surface area contributed by atoms with E-state index < -0.39 is 0 Å². The van der Waals surface area contributed by atoms with Crippen LogP contribution in [0.2, 0.25) is 0 Å². The van der Waals surface area contributed by atoms with Crippen LogP contribution in [-0.2, 0) is 13.0 Å². The Morgan fingerprint density at radius 1 is 1.56 bits per heavy atom. The fourth-order valence-corrected chi connectivity index (χ4v) is 3.17. The molecule has 6 heteroatoms. The summed E-state index contributed by atoms with van der Waals surface area (Å²) in [6.07, 6.45) is 3.61. The van der Waals surface area contributed by atoms with Gasteiger partial charge in [0, 0.05) is 18.3 Å². The fraction of sp³-hybridized carbons (Fsp3) is 0.500. The largest absolute Gasteiger partial charge is 0.322 e. The third kappa shape index (κ3) is 2.99. The molecule has 1 atom stereocenters. The smallest absolute Gasteiger partial charge is 0.0897 e. The highest BCUT2D eigenvalue weighted by molar-refractivity contribution is 9.10. The van der Waals surface area contributed by atoms with Crippen LogP contribution in [0.25, 0.3) is 0 Å². The van der Waals surface area contributed by atoms with Gasteiger partial charge in [-0.05, 0) is 29.3 Å². The normalized spacial score (nSPS) is 12.9. The van der Waals surface area contributed by atoms with Crippen LogP contribution in [0.1, 0.15) is 35.8 Å². The van der Waals surface area contributed by atoms with Crippen molar-refractivity contribution in [1.82, 2.24) is 14.8 Å². The maximum absolute atomic E-state index is 6.29. The number of nitrogens with two attached hydrogens (primary N) is 1. The monoisotopic (exact) mass is 328 g/mol. The van der Waals surface area contributed by atoms with Crippen LogP contribution in [0, 0.1) is 6.92 Å². The van der Waals surface area contributed by atoms with E-state index in [1.54, 1.807) is 11.3 Å². The average Bonchev–Trinajstić information content (AvgIpc) is 2.86. The van der Waals surface area contributed by atoms with Gasteiger partial charge in [0.2, 0.25) is 0 Å². The molecule has 98 valence electrons. The van der Waals surface area contributed by atoms with Crippen LogP contribution in [0.4, 0.5) is 0 Å². The van der Waals surface area contributed by atoms with Crippen molar-refractivity contribution in [2.45, 2.75) is 39.3 Å². The lowest BCUT2D eigenvalue weighted by molar-refractivity contribution is 0.534. The molecular formula is C12H17BrN4S. The van der Waals surface area contributed by atoms with Gasteiger partial charge >= 0.3 is 0 Å². The molecule has 0 radical (unpaired) electrons. The van der Waals surface area contributed by atoms with Crippen molar-refractivity contribution in [2.24, 2.45) is 5.73 Å². The van der Waals surface area contributed by atoms with Crippen LogP contribution in [-0.4, -0.2) is 14.8 Å². The number of aromatic nitrogens is 3. The number of thiazole rings is 1. The van der Waals surface area contributed by atoms with Crippen LogP contribution in [0.5, 0.6) is 0 Å². The van der Waals surface area contributed by atoms with Gasteiger partial charge in [-0.15, -0.1) is 11.3 Å². The Labute approximate surface area is 119 Å². The van der Waals surface area contributed by atoms with Crippen molar-refractivity contribution >= 4 is 27.3 Å². The summed E-state index contributed by atoms with van der Waals surface area (Å²) in [6.45, 7) is 5.04. The van der Waals surface area contributed by atoms with E-state index in [-0.39, 0.29) is 6.04 Å². The molecule has 0 aliphatic rings. The Hall–Kier alpha value is -0.720. The van der Waals surface area contributed by atoms with Crippen LogP contribution in [0.15, 0.2) is 16.0 Å². The van der Waals surface area contributed by atoms with Crippen LogP contribution < -0.4 is 5.73 Å². The highest BCUT2D eigenvalue weighted by Crippen LogP contribution is 2.25. The third-order valence-corrected chi connectivity index (χ3v) is 4.15. The van der Waals surface area contributed by atoms with E-state index >= 15 is 0 Å². The maximum atomic E-state index is 6.29. The van der Waals surface area contributed by atoms with E-state index in [0.29, 0.717) is 0 Å². The molecule has 0 aliphatic heterocycles. The van der Waals surface area contributed by atoms with E-state index in [4.69, 9.17) is 5.73 Å². The summed E-state index contributed by atoms with van der Waals surface area (Å²) in [6, 6.07) is -0.0741. The van der Waals surface area contributed by atoms with Gasteiger partial charge in [0.1, 0.15) is 0 Å². The second-order valence-corrected chi connectivity index (χ2v) is 6.19. The van der Waals surface area contributed by atoms with Crippen molar-refractivity contribution in [3.63, 3.8) is 0 Å². The predicted octanol–water partition coefficient (Wildman–Crippen LogP) is 3.06. The maximum Gasteiger partial charge on any atom is 0.0897 e. The van der Waals surface area contributed by atoms with Gasteiger partial charge in [-0.1, -0.05) is 6.92 Å². The molecule has 0 aromatic carbocycles. The van der Waals surface area contributed by atoms with Gasteiger partial charge < -0.3 is 5.73 Å². The minimum absolute atomic E-state index is 0.0741. The molecule has 0 saturated heterocycles. The minimum atomic E-state index is -0.0741. The van der Waals surface area contributed by atoms with Gasteiger partial charge in [-0.3, -0.25) is 4.68 Å². The Morgan fingerprint density at radius 2 is 2.33 bits per heavy atom. The van der Waals surface area contributed by atoms with Crippen molar-refractivity contribution in [1.29, 1.82) is 0 Å². The van der Waals surface area contributed by atoms with E-state index in [1.165, 1.54) is 0 Å². The molecule has 0 aliphatic carbocycles. The van der Waals surface area contributed by atoms with Crippen molar-refractivity contribution in [3.8, 4) is 0 Å². The lowest BCUT2D eigenvalue weighted by Crippen LogP contribution is -2.19. The van der Waals surface area contributed by atoms with Crippen LogP contribution in [0.3, 0.4) is 0 Å². The summed E-state index contributed by atoms with van der Waals surface area (Å²) >= 11 is 5.19. The zero-order valence-electron chi connectivity index (χ0n) is 10.6. The third-order valence-electron chi connectivity index (χ3n) is 2.72. The molecule has 2 N–H and O–H groups in total. The first-order valence-electron chi connectivity index (χ1n) is 5.99. The molecule has 0 fully saturated rings. The van der Waals surface area contributed by atoms with E-state index in [0.717, 1.165) is 40.3 Å². The lowest BCUT2D eigenvalue weighted by atomic mass is 10.1. The SMILES string of the molecule is CCCn1ncc(Br)c1C(N)Cc1csc(C)n1. The Morgan fingerprint density at radius 3 is 2.94 bits per heavy atom. The highest BCUT2D eigenvalue weighted by atomic mass is 79.9. The molecule has 0 bridgehead atoms. The summed E-state index contributed by atoms with van der Waals surface area (Å²) in [5.74, 6) is 0. The molecule has 0 saturated carbocycles.